The van der Waals surface area contributed by atoms with Crippen LogP contribution in [0.4, 0.5) is 13.2 Å². The molecular formula is C24H32ClF3. The molecule has 2 aromatic rings. The maximum absolute atomic E-state index is 13.7. The van der Waals surface area contributed by atoms with Gasteiger partial charge in [-0.15, -0.1) is 0 Å². The third-order valence-electron chi connectivity index (χ3n) is 5.06. The molecular weight excluding hydrogens is 381 g/mol. The first-order valence-electron chi connectivity index (χ1n) is 10.0. The molecule has 0 bridgehead atoms. The van der Waals surface area contributed by atoms with E-state index in [1.54, 1.807) is 0 Å². The summed E-state index contributed by atoms with van der Waals surface area (Å²) < 4.78 is 41.2. The topological polar surface area (TPSA) is 0 Å². The van der Waals surface area contributed by atoms with Gasteiger partial charge < -0.3 is 0 Å². The molecule has 2 atom stereocenters. The van der Waals surface area contributed by atoms with Crippen molar-refractivity contribution in [2.24, 2.45) is 5.92 Å². The van der Waals surface area contributed by atoms with Gasteiger partial charge in [0.25, 0.3) is 0 Å². The highest BCUT2D eigenvalue weighted by atomic mass is 35.5. The van der Waals surface area contributed by atoms with Gasteiger partial charge in [-0.1, -0.05) is 94.6 Å². The van der Waals surface area contributed by atoms with Crippen molar-refractivity contribution in [2.75, 3.05) is 0 Å². The Morgan fingerprint density at radius 1 is 0.964 bits per heavy atom. The lowest BCUT2D eigenvalue weighted by atomic mass is 9.73. The summed E-state index contributed by atoms with van der Waals surface area (Å²) in [6.45, 7) is 9.37. The highest BCUT2D eigenvalue weighted by Gasteiger charge is 2.52. The highest BCUT2D eigenvalue weighted by molar-refractivity contribution is 6.30. The second-order valence-electron chi connectivity index (χ2n) is 7.54. The molecule has 1 aliphatic carbocycles. The lowest BCUT2D eigenvalue weighted by Crippen LogP contribution is -2.40. The summed E-state index contributed by atoms with van der Waals surface area (Å²) in [6.07, 6.45) is -1.37. The van der Waals surface area contributed by atoms with Crippen LogP contribution >= 0.6 is 11.6 Å². The summed E-state index contributed by atoms with van der Waals surface area (Å²) in [5.74, 6) is 0.878. The van der Waals surface area contributed by atoms with Gasteiger partial charge in [-0.2, -0.15) is 13.2 Å². The number of rotatable bonds is 4. The van der Waals surface area contributed by atoms with E-state index in [1.807, 2.05) is 51.1 Å². The molecule has 28 heavy (non-hydrogen) atoms. The van der Waals surface area contributed by atoms with E-state index in [0.29, 0.717) is 5.02 Å². The summed E-state index contributed by atoms with van der Waals surface area (Å²) in [5, 5.41) is 0.435. The Kier molecular flexibility index (Phi) is 9.56. The van der Waals surface area contributed by atoms with Gasteiger partial charge in [-0.3, -0.25) is 0 Å². The minimum absolute atomic E-state index is 0.0118. The van der Waals surface area contributed by atoms with E-state index in [4.69, 9.17) is 11.6 Å². The smallest absolute Gasteiger partial charge is 0.170 e. The van der Waals surface area contributed by atoms with Crippen molar-refractivity contribution >= 4 is 11.6 Å². The summed E-state index contributed by atoms with van der Waals surface area (Å²) in [5.41, 5.74) is -0.758. The molecule has 1 fully saturated rings. The molecule has 1 saturated carbocycles. The van der Waals surface area contributed by atoms with E-state index in [1.165, 1.54) is 44.0 Å². The van der Waals surface area contributed by atoms with Crippen LogP contribution in [-0.2, 0) is 5.41 Å². The van der Waals surface area contributed by atoms with Crippen LogP contribution < -0.4 is 0 Å². The summed E-state index contributed by atoms with van der Waals surface area (Å²) in [7, 11) is 0. The first kappa shape index (κ1) is 24.6. The van der Waals surface area contributed by atoms with Crippen LogP contribution in [-0.4, -0.2) is 6.18 Å². The fraction of sp³-hybridized carbons (Fsp3) is 0.500. The molecule has 2 aromatic carbocycles. The number of alkyl halides is 3. The molecule has 1 aliphatic rings. The fourth-order valence-corrected chi connectivity index (χ4v) is 3.02. The quantitative estimate of drug-likeness (QED) is 0.470. The highest BCUT2D eigenvalue weighted by Crippen LogP contribution is 2.47. The second-order valence-corrected chi connectivity index (χ2v) is 7.97. The molecule has 0 saturated heterocycles. The average molecular weight is 413 g/mol. The van der Waals surface area contributed by atoms with Gasteiger partial charge in [0, 0.05) is 5.02 Å². The maximum Gasteiger partial charge on any atom is 0.398 e. The first-order chi connectivity index (χ1) is 13.1. The molecule has 4 heteroatoms. The molecule has 156 valence electrons. The standard InChI is InChI=1S/C18H18ClF3.C4H8.C2H6/c1-13(14-6-4-3-5-7-14)12-17(2,18(20,21)22)15-8-10-16(19)11-9-15;1-4-2-3-4;1-2/h3-11,13H,12H2,1-2H3;4H,2-3H2,1H3;1-2H3. The van der Waals surface area contributed by atoms with Crippen LogP contribution in [0.2, 0.25) is 5.02 Å². The predicted molar refractivity (Wildman–Crippen MR) is 114 cm³/mol. The Balaban J connectivity index is 0.000000565. The predicted octanol–water partition coefficient (Wildman–Crippen LogP) is 8.80. The molecule has 0 aliphatic heterocycles. The van der Waals surface area contributed by atoms with Crippen LogP contribution in [0, 0.1) is 5.92 Å². The molecule has 3 rings (SSSR count). The zero-order valence-electron chi connectivity index (χ0n) is 17.5. The molecule has 0 nitrogen and oxygen atoms in total. The van der Waals surface area contributed by atoms with Crippen molar-refractivity contribution in [2.45, 2.75) is 71.4 Å². The molecule has 0 spiro atoms. The van der Waals surface area contributed by atoms with E-state index in [-0.39, 0.29) is 17.9 Å². The Labute approximate surface area is 173 Å². The molecule has 0 N–H and O–H groups in total. The molecule has 0 heterocycles. The Morgan fingerprint density at radius 2 is 1.43 bits per heavy atom. The van der Waals surface area contributed by atoms with Gasteiger partial charge in [0.1, 0.15) is 0 Å². The SMILES string of the molecule is CC.CC(CC(C)(c1ccc(Cl)cc1)C(F)(F)F)c1ccccc1.CC1CC1. The van der Waals surface area contributed by atoms with Gasteiger partial charge in [-0.25, -0.2) is 0 Å². The van der Waals surface area contributed by atoms with Crippen molar-refractivity contribution < 1.29 is 13.2 Å². The number of hydrogen-bond donors (Lipinski definition) is 0. The minimum Gasteiger partial charge on any atom is -0.170 e. The van der Waals surface area contributed by atoms with Crippen molar-refractivity contribution in [3.8, 4) is 0 Å². The lowest BCUT2D eigenvalue weighted by molar-refractivity contribution is -0.188. The maximum atomic E-state index is 13.7. The molecule has 0 radical (unpaired) electrons. The van der Waals surface area contributed by atoms with Gasteiger partial charge in [0.15, 0.2) is 0 Å². The third kappa shape index (κ3) is 7.16. The van der Waals surface area contributed by atoms with E-state index in [9.17, 15) is 13.2 Å². The van der Waals surface area contributed by atoms with Crippen LogP contribution in [0.1, 0.15) is 70.9 Å². The fourth-order valence-electron chi connectivity index (χ4n) is 2.89. The summed E-state index contributed by atoms with van der Waals surface area (Å²) in [4.78, 5) is 0. The minimum atomic E-state index is -4.33. The van der Waals surface area contributed by atoms with Crippen LogP contribution in [0.5, 0.6) is 0 Å². The van der Waals surface area contributed by atoms with Crippen molar-refractivity contribution in [3.63, 3.8) is 0 Å². The van der Waals surface area contributed by atoms with E-state index in [0.717, 1.165) is 11.5 Å². The van der Waals surface area contributed by atoms with Gasteiger partial charge in [0.2, 0.25) is 0 Å². The number of halogens is 4. The van der Waals surface area contributed by atoms with E-state index >= 15 is 0 Å². The number of benzene rings is 2. The molecule has 0 amide bonds. The van der Waals surface area contributed by atoms with Crippen molar-refractivity contribution in [1.29, 1.82) is 0 Å². The van der Waals surface area contributed by atoms with Crippen LogP contribution in [0.25, 0.3) is 0 Å². The Hall–Kier alpha value is -1.48. The Bertz CT molecular complexity index is 675. The molecule has 2 unspecified atom stereocenters. The average Bonchev–Trinajstić information content (AvgIpc) is 3.46. The largest absolute Gasteiger partial charge is 0.398 e. The second kappa shape index (κ2) is 10.9. The monoisotopic (exact) mass is 412 g/mol. The van der Waals surface area contributed by atoms with Crippen molar-refractivity contribution in [3.05, 3.63) is 70.7 Å². The third-order valence-corrected chi connectivity index (χ3v) is 5.31. The van der Waals surface area contributed by atoms with E-state index < -0.39 is 11.6 Å². The van der Waals surface area contributed by atoms with Gasteiger partial charge >= 0.3 is 6.18 Å². The zero-order valence-corrected chi connectivity index (χ0v) is 18.2. The summed E-state index contributed by atoms with van der Waals surface area (Å²) in [6, 6.07) is 15.2. The number of hydrogen-bond acceptors (Lipinski definition) is 0. The Morgan fingerprint density at radius 3 is 1.82 bits per heavy atom. The van der Waals surface area contributed by atoms with Crippen molar-refractivity contribution in [1.82, 2.24) is 0 Å². The van der Waals surface area contributed by atoms with Gasteiger partial charge in [-0.05, 0) is 48.4 Å². The van der Waals surface area contributed by atoms with Crippen LogP contribution in [0.3, 0.4) is 0 Å². The van der Waals surface area contributed by atoms with E-state index in [2.05, 4.69) is 6.92 Å². The summed E-state index contributed by atoms with van der Waals surface area (Å²) >= 11 is 5.80. The first-order valence-corrected chi connectivity index (χ1v) is 10.4. The zero-order chi connectivity index (χ0) is 21.4. The lowest BCUT2D eigenvalue weighted by Gasteiger charge is -2.35. The van der Waals surface area contributed by atoms with Crippen LogP contribution in [0.15, 0.2) is 54.6 Å². The normalized spacial score (nSPS) is 16.6. The molecule has 0 aromatic heterocycles. The van der Waals surface area contributed by atoms with Gasteiger partial charge in [0.05, 0.1) is 5.41 Å².